The number of unbranched alkanes of at least 4 members (excludes halogenated alkanes) is 1. The van der Waals surface area contributed by atoms with Gasteiger partial charge in [-0.3, -0.25) is 4.79 Å². The Morgan fingerprint density at radius 3 is 2.83 bits per heavy atom. The van der Waals surface area contributed by atoms with Crippen molar-refractivity contribution in [1.82, 2.24) is 20.2 Å². The van der Waals surface area contributed by atoms with Crippen LogP contribution in [0.4, 0.5) is 0 Å². The molecule has 0 spiro atoms. The Hall–Kier alpha value is -2.28. The average molecular weight is 318 g/mol. The maximum atomic E-state index is 11.5. The molecule has 1 N–H and O–H groups in total. The summed E-state index contributed by atoms with van der Waals surface area (Å²) in [6.45, 7) is 2.14. The molecule has 0 unspecified atom stereocenters. The van der Waals surface area contributed by atoms with Crippen molar-refractivity contribution in [3.8, 4) is 5.75 Å². The lowest BCUT2D eigenvalue weighted by Crippen LogP contribution is -2.07. The quantitative estimate of drug-likeness (QED) is 0.554. The number of aliphatic hydroxyl groups is 1. The van der Waals surface area contributed by atoms with Crippen molar-refractivity contribution in [3.63, 3.8) is 0 Å². The van der Waals surface area contributed by atoms with E-state index in [1.807, 2.05) is 14.0 Å². The van der Waals surface area contributed by atoms with Gasteiger partial charge in [-0.25, -0.2) is 4.68 Å². The fraction of sp³-hybridized carbons (Fsp3) is 0.500. The maximum Gasteiger partial charge on any atom is 0.188 e. The third kappa shape index (κ3) is 4.59. The molecule has 0 radical (unpaired) electrons. The van der Waals surface area contributed by atoms with Crippen molar-refractivity contribution in [3.05, 3.63) is 35.2 Å². The molecule has 0 fully saturated rings. The smallest absolute Gasteiger partial charge is 0.188 e. The number of benzene rings is 1. The number of tetrazole rings is 1. The first-order valence-corrected chi connectivity index (χ1v) is 7.76. The van der Waals surface area contributed by atoms with Crippen LogP contribution in [0.15, 0.2) is 18.2 Å². The molecule has 23 heavy (non-hydrogen) atoms. The van der Waals surface area contributed by atoms with Crippen LogP contribution in [0.3, 0.4) is 0 Å². The normalized spacial score (nSPS) is 10.7. The van der Waals surface area contributed by atoms with Crippen molar-refractivity contribution in [2.24, 2.45) is 7.05 Å². The molecular formula is C16H22N4O3. The molecule has 0 atom stereocenters. The number of nitrogens with zero attached hydrogens (tertiary/aromatic N) is 4. The van der Waals surface area contributed by atoms with Crippen molar-refractivity contribution in [1.29, 1.82) is 0 Å². The highest BCUT2D eigenvalue weighted by Gasteiger charge is 2.09. The Morgan fingerprint density at radius 1 is 1.35 bits per heavy atom. The van der Waals surface area contributed by atoms with Gasteiger partial charge < -0.3 is 9.84 Å². The van der Waals surface area contributed by atoms with Crippen molar-refractivity contribution >= 4 is 5.78 Å². The fourth-order valence-corrected chi connectivity index (χ4v) is 2.29. The molecule has 1 aromatic carbocycles. The van der Waals surface area contributed by atoms with Crippen LogP contribution in [0.5, 0.6) is 5.75 Å². The number of aromatic nitrogens is 4. The van der Waals surface area contributed by atoms with Crippen LogP contribution in [0.25, 0.3) is 0 Å². The molecular weight excluding hydrogens is 296 g/mol. The molecule has 0 saturated carbocycles. The number of aryl methyl sites for hydroxylation is 3. The summed E-state index contributed by atoms with van der Waals surface area (Å²) < 4.78 is 7.49. The fourth-order valence-electron chi connectivity index (χ4n) is 2.29. The largest absolute Gasteiger partial charge is 0.493 e. The Kier molecular flexibility index (Phi) is 6.22. The summed E-state index contributed by atoms with van der Waals surface area (Å²) in [4.78, 5) is 11.5. The Bertz CT molecular complexity index is 655. The van der Waals surface area contributed by atoms with E-state index in [4.69, 9.17) is 9.84 Å². The van der Waals surface area contributed by atoms with Crippen LogP contribution in [0, 0.1) is 0 Å². The van der Waals surface area contributed by atoms with E-state index >= 15 is 0 Å². The summed E-state index contributed by atoms with van der Waals surface area (Å²) in [5.74, 6) is 1.39. The molecule has 124 valence electrons. The van der Waals surface area contributed by atoms with Gasteiger partial charge in [-0.2, -0.15) is 0 Å². The van der Waals surface area contributed by atoms with Crippen LogP contribution < -0.4 is 4.74 Å². The summed E-state index contributed by atoms with van der Waals surface area (Å²) in [6, 6.07) is 5.28. The van der Waals surface area contributed by atoms with Gasteiger partial charge in [0.25, 0.3) is 0 Å². The van der Waals surface area contributed by atoms with Crippen molar-refractivity contribution in [2.45, 2.75) is 32.6 Å². The number of aliphatic hydroxyl groups excluding tert-OH is 1. The molecule has 2 rings (SSSR count). The summed E-state index contributed by atoms with van der Waals surface area (Å²) in [5, 5.41) is 20.3. The zero-order valence-corrected chi connectivity index (χ0v) is 13.5. The van der Waals surface area contributed by atoms with E-state index in [1.54, 1.807) is 22.9 Å². The van der Waals surface area contributed by atoms with Gasteiger partial charge in [0.05, 0.1) is 6.61 Å². The average Bonchev–Trinajstić information content (AvgIpc) is 2.99. The molecule has 0 amide bonds. The summed E-state index contributed by atoms with van der Waals surface area (Å²) in [5.41, 5.74) is 1.49. The molecule has 0 bridgehead atoms. The number of ketones is 1. The van der Waals surface area contributed by atoms with Crippen LogP contribution in [-0.4, -0.2) is 44.3 Å². The third-order valence-electron chi connectivity index (χ3n) is 3.67. The van der Waals surface area contributed by atoms with Gasteiger partial charge in [0.2, 0.25) is 0 Å². The summed E-state index contributed by atoms with van der Waals surface area (Å²) in [7, 11) is 1.83. The van der Waals surface area contributed by atoms with Gasteiger partial charge in [-0.05, 0) is 53.5 Å². The topological polar surface area (TPSA) is 90.1 Å². The second-order valence-electron chi connectivity index (χ2n) is 5.28. The van der Waals surface area contributed by atoms with Gasteiger partial charge in [0.15, 0.2) is 11.6 Å². The van der Waals surface area contributed by atoms with Crippen LogP contribution >= 0.6 is 0 Å². The maximum absolute atomic E-state index is 11.5. The summed E-state index contributed by atoms with van der Waals surface area (Å²) >= 11 is 0. The van der Waals surface area contributed by atoms with Gasteiger partial charge >= 0.3 is 0 Å². The molecule has 0 aliphatic carbocycles. The van der Waals surface area contributed by atoms with E-state index in [0.29, 0.717) is 12.2 Å². The van der Waals surface area contributed by atoms with Crippen molar-refractivity contribution in [2.75, 3.05) is 13.2 Å². The SMILES string of the molecule is CCc1cc(C(=O)CO)ccc1OCCCCc1nnnn1C. The van der Waals surface area contributed by atoms with Crippen LogP contribution in [0.1, 0.15) is 41.5 Å². The Labute approximate surface area is 135 Å². The van der Waals surface area contributed by atoms with Crippen molar-refractivity contribution < 1.29 is 14.6 Å². The summed E-state index contributed by atoms with van der Waals surface area (Å²) in [6.07, 6.45) is 3.42. The molecule has 0 aliphatic heterocycles. The highest BCUT2D eigenvalue weighted by Crippen LogP contribution is 2.21. The van der Waals surface area contributed by atoms with Crippen LogP contribution in [-0.2, 0) is 19.9 Å². The number of hydrogen-bond donors (Lipinski definition) is 1. The highest BCUT2D eigenvalue weighted by molar-refractivity contribution is 5.97. The number of ether oxygens (including phenoxy) is 1. The number of Topliss-reactive ketones (excluding diaryl/α,β-unsaturated/α-hetero) is 1. The van der Waals surface area contributed by atoms with E-state index in [-0.39, 0.29) is 5.78 Å². The molecule has 0 saturated heterocycles. The molecule has 2 aromatic rings. The van der Waals surface area contributed by atoms with Crippen LogP contribution in [0.2, 0.25) is 0 Å². The lowest BCUT2D eigenvalue weighted by atomic mass is 10.0. The van der Waals surface area contributed by atoms with E-state index in [2.05, 4.69) is 15.5 Å². The van der Waals surface area contributed by atoms with E-state index < -0.39 is 6.61 Å². The lowest BCUT2D eigenvalue weighted by molar-refractivity contribution is 0.0903. The number of rotatable bonds is 9. The van der Waals surface area contributed by atoms with E-state index in [0.717, 1.165) is 42.8 Å². The number of carbonyl (C=O) groups excluding carboxylic acids is 1. The van der Waals surface area contributed by atoms with Gasteiger partial charge in [0.1, 0.15) is 12.4 Å². The first-order chi connectivity index (χ1) is 11.2. The monoisotopic (exact) mass is 318 g/mol. The van der Waals surface area contributed by atoms with Gasteiger partial charge in [0, 0.05) is 19.0 Å². The molecule has 1 aromatic heterocycles. The highest BCUT2D eigenvalue weighted by atomic mass is 16.5. The van der Waals surface area contributed by atoms with E-state index in [1.165, 1.54) is 0 Å². The Morgan fingerprint density at radius 2 is 2.17 bits per heavy atom. The standard InChI is InChI=1S/C16H22N4O3/c1-3-12-10-13(14(22)11-21)7-8-15(12)23-9-5-4-6-16-17-18-19-20(16)2/h7-8,10,21H,3-6,9,11H2,1-2H3. The minimum absolute atomic E-state index is 0.275. The van der Waals surface area contributed by atoms with Gasteiger partial charge in [-0.1, -0.05) is 6.92 Å². The number of carbonyl (C=O) groups is 1. The molecule has 7 nitrogen and oxygen atoms in total. The first kappa shape index (κ1) is 17.1. The number of hydrogen-bond acceptors (Lipinski definition) is 6. The molecule has 0 aliphatic rings. The minimum atomic E-state index is -0.472. The van der Waals surface area contributed by atoms with Gasteiger partial charge in [-0.15, -0.1) is 5.10 Å². The zero-order valence-electron chi connectivity index (χ0n) is 13.5. The second-order valence-corrected chi connectivity index (χ2v) is 5.28. The minimum Gasteiger partial charge on any atom is -0.493 e. The predicted octanol–water partition coefficient (Wildman–Crippen LogP) is 1.35. The van der Waals surface area contributed by atoms with E-state index in [9.17, 15) is 4.79 Å². The first-order valence-electron chi connectivity index (χ1n) is 7.76. The molecule has 1 heterocycles. The zero-order chi connectivity index (χ0) is 16.7. The molecule has 7 heteroatoms. The third-order valence-corrected chi connectivity index (χ3v) is 3.67. The second kappa shape index (κ2) is 8.38. The predicted molar refractivity (Wildman–Crippen MR) is 84.5 cm³/mol. The Balaban J connectivity index is 1.83. The lowest BCUT2D eigenvalue weighted by Gasteiger charge is -2.11.